The van der Waals surface area contributed by atoms with Crippen LogP contribution in [0.4, 0.5) is 0 Å². The predicted molar refractivity (Wildman–Crippen MR) is 287 cm³/mol. The van der Waals surface area contributed by atoms with Gasteiger partial charge in [-0.15, -0.1) is 0 Å². The zero-order valence-electron chi connectivity index (χ0n) is 43.8. The normalized spacial score (nSPS) is 13.6. The number of unbranched alkanes of at least 4 members (excludes halogenated alkanes) is 30. The van der Waals surface area contributed by atoms with Gasteiger partial charge in [0, 0.05) is 6.42 Å². The minimum Gasteiger partial charge on any atom is -0.462 e. The van der Waals surface area contributed by atoms with Crippen LogP contribution in [-0.4, -0.2) is 46.9 Å². The van der Waals surface area contributed by atoms with E-state index in [0.717, 1.165) is 96.3 Å². The van der Waals surface area contributed by atoms with E-state index in [1.807, 2.05) is 0 Å². The van der Waals surface area contributed by atoms with Crippen molar-refractivity contribution in [3.05, 3.63) is 60.8 Å². The van der Waals surface area contributed by atoms with Crippen molar-refractivity contribution in [1.82, 2.24) is 5.32 Å². The molecule has 0 aromatic carbocycles. The third-order valence-electron chi connectivity index (χ3n) is 12.9. The summed E-state index contributed by atoms with van der Waals surface area (Å²) in [4.78, 5) is 26.2. The lowest BCUT2D eigenvalue weighted by molar-refractivity contribution is -0.151. The number of hydrogen-bond acceptors (Lipinski definition) is 5. The molecule has 0 radical (unpaired) electrons. The van der Waals surface area contributed by atoms with Crippen molar-refractivity contribution < 1.29 is 24.5 Å². The average molecular weight is 925 g/mol. The number of nitrogens with one attached hydrogen (secondary N) is 1. The molecule has 0 bridgehead atoms. The van der Waals surface area contributed by atoms with Crippen molar-refractivity contribution in [2.45, 2.75) is 302 Å². The zero-order chi connectivity index (χ0) is 48.1. The minimum absolute atomic E-state index is 0.0447. The van der Waals surface area contributed by atoms with Gasteiger partial charge in [0.15, 0.2) is 0 Å². The second kappa shape index (κ2) is 53.5. The Labute approximate surface area is 409 Å². The molecular weight excluding hydrogens is 815 g/mol. The number of allylic oxidation sites excluding steroid dienone is 10. The molecule has 0 heterocycles. The number of carbonyl (C=O) groups excluding carboxylic acids is 2. The van der Waals surface area contributed by atoms with Gasteiger partial charge in [-0.3, -0.25) is 9.59 Å². The molecule has 6 heteroatoms. The molecule has 0 aromatic heterocycles. The van der Waals surface area contributed by atoms with Gasteiger partial charge in [-0.2, -0.15) is 0 Å². The number of esters is 1. The van der Waals surface area contributed by atoms with E-state index in [1.54, 1.807) is 0 Å². The quantitative estimate of drug-likeness (QED) is 0.0244. The number of amides is 1. The summed E-state index contributed by atoms with van der Waals surface area (Å²) in [6, 6.07) is -0.719. The van der Waals surface area contributed by atoms with Crippen molar-refractivity contribution in [3.8, 4) is 0 Å². The fraction of sp³-hybridized carbons (Fsp3) is 0.800. The predicted octanol–water partition coefficient (Wildman–Crippen LogP) is 17.6. The maximum atomic E-state index is 13.2. The molecule has 0 fully saturated rings. The number of ether oxygens (including phenoxy) is 1. The molecule has 6 nitrogen and oxygen atoms in total. The molecule has 66 heavy (non-hydrogen) atoms. The molecule has 384 valence electrons. The van der Waals surface area contributed by atoms with Crippen LogP contribution in [0.5, 0.6) is 0 Å². The molecule has 0 rings (SSSR count). The smallest absolute Gasteiger partial charge is 0.306 e. The van der Waals surface area contributed by atoms with Gasteiger partial charge in [0.2, 0.25) is 5.91 Å². The Bertz CT molecular complexity index is 1170. The van der Waals surface area contributed by atoms with Crippen molar-refractivity contribution in [3.63, 3.8) is 0 Å². The second-order valence-corrected chi connectivity index (χ2v) is 19.3. The van der Waals surface area contributed by atoms with Crippen LogP contribution in [0.25, 0.3) is 0 Å². The maximum absolute atomic E-state index is 13.2. The Kier molecular flexibility index (Phi) is 51.5. The van der Waals surface area contributed by atoms with Crippen LogP contribution in [0.3, 0.4) is 0 Å². The van der Waals surface area contributed by atoms with Gasteiger partial charge in [0.25, 0.3) is 0 Å². The molecule has 0 aliphatic rings. The van der Waals surface area contributed by atoms with Crippen LogP contribution in [0, 0.1) is 0 Å². The summed E-state index contributed by atoms with van der Waals surface area (Å²) in [7, 11) is 0. The lowest BCUT2D eigenvalue weighted by atomic mass is 10.0. The number of hydrogen-bond donors (Lipinski definition) is 3. The molecule has 0 aromatic rings. The van der Waals surface area contributed by atoms with E-state index in [0.29, 0.717) is 19.3 Å². The van der Waals surface area contributed by atoms with Gasteiger partial charge in [-0.1, -0.05) is 248 Å². The highest BCUT2D eigenvalue weighted by molar-refractivity contribution is 5.77. The molecule has 0 saturated heterocycles. The largest absolute Gasteiger partial charge is 0.462 e. The molecule has 0 saturated carbocycles. The van der Waals surface area contributed by atoms with Crippen molar-refractivity contribution in [1.29, 1.82) is 0 Å². The average Bonchev–Trinajstić information content (AvgIpc) is 3.31. The van der Waals surface area contributed by atoms with Gasteiger partial charge < -0.3 is 20.3 Å². The van der Waals surface area contributed by atoms with E-state index < -0.39 is 18.2 Å². The van der Waals surface area contributed by atoms with Gasteiger partial charge in [0.05, 0.1) is 25.2 Å². The molecule has 0 aliphatic heterocycles. The number of aliphatic hydroxyl groups is 2. The van der Waals surface area contributed by atoms with Crippen LogP contribution in [-0.2, 0) is 14.3 Å². The summed E-state index contributed by atoms with van der Waals surface area (Å²) < 4.78 is 5.92. The first-order valence-corrected chi connectivity index (χ1v) is 28.5. The Balaban J connectivity index is 4.54. The van der Waals surface area contributed by atoms with Crippen molar-refractivity contribution >= 4 is 11.9 Å². The SMILES string of the molecule is CC/C=C/C/C=C/C/C=C/CCCCC(CC(=O)NC(CO)C(O)CCCCCCCCCCCCCCCCCCC)OC(=O)CCCCCCC/C=C/C=C/CCCCCCCCC. The molecule has 0 aliphatic carbocycles. The molecule has 0 spiro atoms. The van der Waals surface area contributed by atoms with Crippen LogP contribution in [0.1, 0.15) is 284 Å². The van der Waals surface area contributed by atoms with E-state index in [2.05, 4.69) is 86.8 Å². The van der Waals surface area contributed by atoms with E-state index >= 15 is 0 Å². The fourth-order valence-electron chi connectivity index (χ4n) is 8.55. The molecule has 3 N–H and O–H groups in total. The number of carbonyl (C=O) groups is 2. The lowest BCUT2D eigenvalue weighted by Gasteiger charge is -2.24. The van der Waals surface area contributed by atoms with Crippen molar-refractivity contribution in [2.24, 2.45) is 0 Å². The summed E-state index contributed by atoms with van der Waals surface area (Å²) in [6.07, 6.45) is 67.2. The standard InChI is InChI=1S/C60H109NO5/c1-4-7-10-13-16-19-22-25-27-29-31-33-35-38-41-44-47-50-53-60(65)66-56(51-48-45-42-39-36-24-21-18-15-12-9-6-3)54-59(64)61-57(55-62)58(63)52-49-46-43-40-37-34-32-30-28-26-23-20-17-14-11-8-5-2/h9,12,18,21,27,29,31,33,36,39,56-58,62-63H,4-8,10-11,13-17,19-20,22-26,28,30,32,34-35,37-38,40-55H2,1-3H3,(H,61,64)/b12-9+,21-18+,29-27+,33-31+,39-36+. The minimum atomic E-state index is -0.803. The monoisotopic (exact) mass is 924 g/mol. The molecule has 3 unspecified atom stereocenters. The highest BCUT2D eigenvalue weighted by Gasteiger charge is 2.24. The summed E-state index contributed by atoms with van der Waals surface area (Å²) in [5.74, 6) is -0.525. The van der Waals surface area contributed by atoms with Crippen LogP contribution in [0.15, 0.2) is 60.8 Å². The van der Waals surface area contributed by atoms with Gasteiger partial charge >= 0.3 is 5.97 Å². The third kappa shape index (κ3) is 48.0. The van der Waals surface area contributed by atoms with Gasteiger partial charge in [0.1, 0.15) is 6.10 Å². The van der Waals surface area contributed by atoms with E-state index in [-0.39, 0.29) is 24.9 Å². The Morgan fingerprint density at radius 1 is 0.470 bits per heavy atom. The summed E-state index contributed by atoms with van der Waals surface area (Å²) in [5.41, 5.74) is 0. The van der Waals surface area contributed by atoms with Crippen molar-refractivity contribution in [2.75, 3.05) is 6.61 Å². The third-order valence-corrected chi connectivity index (χ3v) is 12.9. The molecular formula is C60H109NO5. The first kappa shape index (κ1) is 63.6. The summed E-state index contributed by atoms with van der Waals surface area (Å²) >= 11 is 0. The molecule has 1 amide bonds. The van der Waals surface area contributed by atoms with E-state index in [4.69, 9.17) is 4.74 Å². The Morgan fingerprint density at radius 3 is 1.35 bits per heavy atom. The highest BCUT2D eigenvalue weighted by Crippen LogP contribution is 2.18. The molecule has 3 atom stereocenters. The summed E-state index contributed by atoms with van der Waals surface area (Å²) in [5, 5.41) is 23.9. The topological polar surface area (TPSA) is 95.9 Å². The maximum Gasteiger partial charge on any atom is 0.306 e. The van der Waals surface area contributed by atoms with E-state index in [1.165, 1.54) is 141 Å². The number of aliphatic hydroxyl groups excluding tert-OH is 2. The van der Waals surface area contributed by atoms with Crippen LogP contribution in [0.2, 0.25) is 0 Å². The summed E-state index contributed by atoms with van der Waals surface area (Å²) in [6.45, 7) is 6.37. The number of rotatable bonds is 51. The van der Waals surface area contributed by atoms with Crippen LogP contribution >= 0.6 is 0 Å². The van der Waals surface area contributed by atoms with Crippen LogP contribution < -0.4 is 5.32 Å². The first-order chi connectivity index (χ1) is 32.5. The lowest BCUT2D eigenvalue weighted by Crippen LogP contribution is -2.46. The van der Waals surface area contributed by atoms with Gasteiger partial charge in [-0.25, -0.2) is 0 Å². The zero-order valence-corrected chi connectivity index (χ0v) is 43.8. The fourth-order valence-corrected chi connectivity index (χ4v) is 8.55. The van der Waals surface area contributed by atoms with E-state index in [9.17, 15) is 19.8 Å². The highest BCUT2D eigenvalue weighted by atomic mass is 16.5. The first-order valence-electron chi connectivity index (χ1n) is 28.5. The second-order valence-electron chi connectivity index (χ2n) is 19.3. The van der Waals surface area contributed by atoms with Gasteiger partial charge in [-0.05, 0) is 83.5 Å². The Morgan fingerprint density at radius 2 is 0.864 bits per heavy atom. The Hall–Kier alpha value is -2.44.